The van der Waals surface area contributed by atoms with Crippen molar-refractivity contribution in [2.24, 2.45) is 0 Å². The first-order chi connectivity index (χ1) is 6.75. The molecule has 1 N–H and O–H groups in total. The van der Waals surface area contributed by atoms with E-state index in [1.54, 1.807) is 4.90 Å². The molecule has 0 aromatic carbocycles. The Bertz CT molecular complexity index is 179. The Morgan fingerprint density at radius 2 is 2.36 bits per heavy atom. The van der Waals surface area contributed by atoms with Crippen molar-refractivity contribution in [2.45, 2.75) is 25.4 Å². The van der Waals surface area contributed by atoms with Crippen LogP contribution in [0.4, 0.5) is 0 Å². The molecule has 0 spiro atoms. The molecule has 1 amide bonds. The second-order valence-electron chi connectivity index (χ2n) is 3.72. The van der Waals surface area contributed by atoms with Crippen LogP contribution in [0.2, 0.25) is 0 Å². The van der Waals surface area contributed by atoms with Gasteiger partial charge in [-0.2, -0.15) is 0 Å². The van der Waals surface area contributed by atoms with E-state index in [9.17, 15) is 4.79 Å². The van der Waals surface area contributed by atoms with Gasteiger partial charge < -0.3 is 15.0 Å². The average molecular weight is 200 g/mol. The number of carbonyl (C=O) groups is 1. The summed E-state index contributed by atoms with van der Waals surface area (Å²) < 4.78 is 5.43. The second kappa shape index (κ2) is 5.98. The fraction of sp³-hybridized carbons (Fsp3) is 0.900. The first-order valence-corrected chi connectivity index (χ1v) is 5.27. The summed E-state index contributed by atoms with van der Waals surface area (Å²) in [7, 11) is 3.72. The molecule has 4 nitrogen and oxygen atoms in total. The molecule has 0 radical (unpaired) electrons. The molecule has 1 heterocycles. The van der Waals surface area contributed by atoms with Gasteiger partial charge in [-0.15, -0.1) is 0 Å². The highest BCUT2D eigenvalue weighted by Crippen LogP contribution is 2.14. The van der Waals surface area contributed by atoms with Crippen LogP contribution in [-0.4, -0.2) is 50.7 Å². The maximum Gasteiger partial charge on any atom is 0.251 e. The van der Waals surface area contributed by atoms with Gasteiger partial charge in [-0.3, -0.25) is 4.79 Å². The Labute approximate surface area is 85.6 Å². The average Bonchev–Trinajstić information content (AvgIpc) is 2.26. The van der Waals surface area contributed by atoms with Crippen LogP contribution >= 0.6 is 0 Å². The zero-order valence-electron chi connectivity index (χ0n) is 9.08. The summed E-state index contributed by atoms with van der Waals surface area (Å²) in [4.78, 5) is 13.5. The summed E-state index contributed by atoms with van der Waals surface area (Å²) in [5.74, 6) is 0.125. The van der Waals surface area contributed by atoms with Gasteiger partial charge in [0.05, 0.1) is 0 Å². The van der Waals surface area contributed by atoms with E-state index >= 15 is 0 Å². The van der Waals surface area contributed by atoms with E-state index in [1.165, 1.54) is 0 Å². The van der Waals surface area contributed by atoms with Crippen LogP contribution in [0.5, 0.6) is 0 Å². The first-order valence-electron chi connectivity index (χ1n) is 5.27. The number of likely N-dealkylation sites (N-methyl/N-ethyl adjacent to an activating group) is 2. The van der Waals surface area contributed by atoms with Gasteiger partial charge in [0.25, 0.3) is 5.91 Å². The topological polar surface area (TPSA) is 41.6 Å². The van der Waals surface area contributed by atoms with Crippen LogP contribution in [0.15, 0.2) is 0 Å². The Balaban J connectivity index is 2.30. The van der Waals surface area contributed by atoms with Crippen LogP contribution < -0.4 is 5.32 Å². The summed E-state index contributed by atoms with van der Waals surface area (Å²) in [6, 6.07) is 0. The number of rotatable bonds is 4. The lowest BCUT2D eigenvalue weighted by molar-refractivity contribution is -0.145. The van der Waals surface area contributed by atoms with Crippen molar-refractivity contribution in [1.29, 1.82) is 0 Å². The zero-order valence-corrected chi connectivity index (χ0v) is 9.08. The molecule has 1 aliphatic rings. The molecule has 1 rings (SSSR count). The second-order valence-corrected chi connectivity index (χ2v) is 3.72. The smallest absolute Gasteiger partial charge is 0.251 e. The number of amides is 1. The summed E-state index contributed by atoms with van der Waals surface area (Å²) >= 11 is 0. The highest BCUT2D eigenvalue weighted by molar-refractivity contribution is 5.80. The molecule has 0 saturated carbocycles. The van der Waals surface area contributed by atoms with Crippen molar-refractivity contribution in [3.63, 3.8) is 0 Å². The number of hydrogen-bond donors (Lipinski definition) is 1. The number of carbonyl (C=O) groups excluding carboxylic acids is 1. The lowest BCUT2D eigenvalue weighted by Gasteiger charge is -2.26. The van der Waals surface area contributed by atoms with E-state index in [4.69, 9.17) is 4.74 Å². The Kier molecular flexibility index (Phi) is 4.90. The van der Waals surface area contributed by atoms with Crippen molar-refractivity contribution < 1.29 is 9.53 Å². The molecule has 1 atom stereocenters. The van der Waals surface area contributed by atoms with Crippen molar-refractivity contribution in [3.05, 3.63) is 0 Å². The minimum absolute atomic E-state index is 0.125. The van der Waals surface area contributed by atoms with Gasteiger partial charge in [0.15, 0.2) is 0 Å². The minimum Gasteiger partial charge on any atom is -0.368 e. The molecule has 0 aliphatic carbocycles. The molecule has 1 fully saturated rings. The standard InChI is InChI=1S/C10H20N2O2/c1-11-6-7-12(2)10(13)9-5-3-4-8-14-9/h9,11H,3-8H2,1-2H3. The number of nitrogens with zero attached hydrogens (tertiary/aromatic N) is 1. The summed E-state index contributed by atoms with van der Waals surface area (Å²) in [5.41, 5.74) is 0. The largest absolute Gasteiger partial charge is 0.368 e. The predicted molar refractivity (Wildman–Crippen MR) is 55.2 cm³/mol. The van der Waals surface area contributed by atoms with Gasteiger partial charge in [-0.05, 0) is 26.3 Å². The molecule has 0 aromatic heterocycles. The van der Waals surface area contributed by atoms with Crippen LogP contribution in [0.25, 0.3) is 0 Å². The van der Waals surface area contributed by atoms with Gasteiger partial charge >= 0.3 is 0 Å². The van der Waals surface area contributed by atoms with Gasteiger partial charge in [-0.1, -0.05) is 0 Å². The van der Waals surface area contributed by atoms with Crippen LogP contribution in [0, 0.1) is 0 Å². The van der Waals surface area contributed by atoms with E-state index in [2.05, 4.69) is 5.32 Å². The summed E-state index contributed by atoms with van der Waals surface area (Å²) in [5, 5.41) is 3.02. The molecule has 1 unspecified atom stereocenters. The van der Waals surface area contributed by atoms with E-state index < -0.39 is 0 Å². The SMILES string of the molecule is CNCCN(C)C(=O)C1CCCCO1. The molecule has 82 valence electrons. The van der Waals surface area contributed by atoms with Gasteiger partial charge in [0.1, 0.15) is 6.10 Å². The Morgan fingerprint density at radius 3 is 2.93 bits per heavy atom. The van der Waals surface area contributed by atoms with Gasteiger partial charge in [-0.25, -0.2) is 0 Å². The van der Waals surface area contributed by atoms with E-state index in [0.29, 0.717) is 0 Å². The van der Waals surface area contributed by atoms with Crippen LogP contribution in [0.3, 0.4) is 0 Å². The lowest BCUT2D eigenvalue weighted by atomic mass is 10.1. The van der Waals surface area contributed by atoms with Gasteiger partial charge in [0.2, 0.25) is 0 Å². The van der Waals surface area contributed by atoms with Crippen molar-refractivity contribution in [3.8, 4) is 0 Å². The fourth-order valence-electron chi connectivity index (χ4n) is 1.57. The zero-order chi connectivity index (χ0) is 10.4. The number of ether oxygens (including phenoxy) is 1. The molecule has 1 saturated heterocycles. The first kappa shape index (κ1) is 11.5. The Morgan fingerprint density at radius 1 is 1.57 bits per heavy atom. The van der Waals surface area contributed by atoms with Crippen LogP contribution in [0.1, 0.15) is 19.3 Å². The van der Waals surface area contributed by atoms with Crippen molar-refractivity contribution >= 4 is 5.91 Å². The molecule has 0 aromatic rings. The maximum absolute atomic E-state index is 11.8. The summed E-state index contributed by atoms with van der Waals surface area (Å²) in [6.45, 7) is 2.31. The molecular formula is C10H20N2O2. The molecule has 4 heteroatoms. The van der Waals surface area contributed by atoms with E-state index in [1.807, 2.05) is 14.1 Å². The summed E-state index contributed by atoms with van der Waals surface area (Å²) in [6.07, 6.45) is 2.88. The molecule has 0 bridgehead atoms. The quantitative estimate of drug-likeness (QED) is 0.706. The van der Waals surface area contributed by atoms with E-state index in [0.717, 1.165) is 39.0 Å². The molecule has 1 aliphatic heterocycles. The fourth-order valence-corrected chi connectivity index (χ4v) is 1.57. The highest BCUT2D eigenvalue weighted by Gasteiger charge is 2.24. The third-order valence-corrected chi connectivity index (χ3v) is 2.53. The normalized spacial score (nSPS) is 22.0. The van der Waals surface area contributed by atoms with Crippen molar-refractivity contribution in [2.75, 3.05) is 33.8 Å². The minimum atomic E-state index is -0.189. The number of hydrogen-bond acceptors (Lipinski definition) is 3. The maximum atomic E-state index is 11.8. The monoisotopic (exact) mass is 200 g/mol. The third-order valence-electron chi connectivity index (χ3n) is 2.53. The van der Waals surface area contributed by atoms with Crippen LogP contribution in [-0.2, 0) is 9.53 Å². The third kappa shape index (κ3) is 3.27. The van der Waals surface area contributed by atoms with E-state index in [-0.39, 0.29) is 12.0 Å². The van der Waals surface area contributed by atoms with Gasteiger partial charge in [0, 0.05) is 26.7 Å². The molecule has 14 heavy (non-hydrogen) atoms. The molecular weight excluding hydrogens is 180 g/mol. The predicted octanol–water partition coefficient (Wildman–Crippen LogP) is 0.233. The number of nitrogens with one attached hydrogen (secondary N) is 1. The highest BCUT2D eigenvalue weighted by atomic mass is 16.5. The Hall–Kier alpha value is -0.610. The lowest BCUT2D eigenvalue weighted by Crippen LogP contribution is -2.42. The van der Waals surface area contributed by atoms with Crippen molar-refractivity contribution in [1.82, 2.24) is 10.2 Å².